The average molecular weight is 359 g/mol. The molecule has 1 aromatic carbocycles. The molecule has 0 radical (unpaired) electrons. The zero-order valence-corrected chi connectivity index (χ0v) is 14.9. The summed E-state index contributed by atoms with van der Waals surface area (Å²) in [7, 11) is 1.61. The van der Waals surface area contributed by atoms with Crippen LogP contribution < -0.4 is 10.5 Å². The van der Waals surface area contributed by atoms with Crippen LogP contribution in [0.25, 0.3) is 0 Å². The predicted octanol–water partition coefficient (Wildman–Crippen LogP) is 2.55. The van der Waals surface area contributed by atoms with Crippen LogP contribution in [0.15, 0.2) is 30.5 Å². The molecule has 1 saturated heterocycles. The summed E-state index contributed by atoms with van der Waals surface area (Å²) >= 11 is 1.28. The number of nitrogens with zero attached hydrogens (tertiary/aromatic N) is 2. The number of carbonyl (C=O) groups is 2. The molecule has 0 spiro atoms. The zero-order chi connectivity index (χ0) is 17.8. The van der Waals surface area contributed by atoms with E-state index in [0.29, 0.717) is 11.4 Å². The van der Waals surface area contributed by atoms with Crippen LogP contribution in [0.4, 0.5) is 0 Å². The lowest BCUT2D eigenvalue weighted by molar-refractivity contribution is -0.134. The smallest absolute Gasteiger partial charge is 0.260 e. The molecule has 132 valence electrons. The van der Waals surface area contributed by atoms with Gasteiger partial charge in [-0.3, -0.25) is 9.59 Å². The van der Waals surface area contributed by atoms with E-state index in [0.717, 1.165) is 35.6 Å². The van der Waals surface area contributed by atoms with E-state index >= 15 is 0 Å². The number of hydrogen-bond acceptors (Lipinski definition) is 5. The summed E-state index contributed by atoms with van der Waals surface area (Å²) in [6.07, 6.45) is 4.65. The molecule has 1 aliphatic heterocycles. The molecule has 1 atom stereocenters. The maximum absolute atomic E-state index is 12.9. The Labute approximate surface area is 150 Å². The average Bonchev–Trinajstić information content (AvgIpc) is 3.12. The van der Waals surface area contributed by atoms with Crippen molar-refractivity contribution < 1.29 is 14.3 Å². The predicted molar refractivity (Wildman–Crippen MR) is 95.6 cm³/mol. The second-order valence-electron chi connectivity index (χ2n) is 6.01. The van der Waals surface area contributed by atoms with Crippen molar-refractivity contribution in [2.45, 2.75) is 31.7 Å². The fourth-order valence-corrected chi connectivity index (χ4v) is 4.07. The van der Waals surface area contributed by atoms with Gasteiger partial charge in [-0.2, -0.15) is 0 Å². The first kappa shape index (κ1) is 17.4. The van der Waals surface area contributed by atoms with E-state index in [1.165, 1.54) is 17.5 Å². The first-order valence-corrected chi connectivity index (χ1v) is 9.08. The number of para-hydroxylation sites is 1. The maximum atomic E-state index is 12.9. The van der Waals surface area contributed by atoms with E-state index in [1.54, 1.807) is 7.11 Å². The third-order valence-corrected chi connectivity index (χ3v) is 5.52. The van der Waals surface area contributed by atoms with Crippen molar-refractivity contribution in [3.05, 3.63) is 45.9 Å². The Kier molecular flexibility index (Phi) is 5.33. The molecule has 1 aliphatic rings. The monoisotopic (exact) mass is 359 g/mol. The minimum atomic E-state index is -0.480. The van der Waals surface area contributed by atoms with Crippen LogP contribution in [0.2, 0.25) is 0 Å². The van der Waals surface area contributed by atoms with Gasteiger partial charge in [0.1, 0.15) is 15.6 Å². The molecule has 2 amide bonds. The van der Waals surface area contributed by atoms with Crippen LogP contribution in [-0.4, -0.2) is 35.4 Å². The van der Waals surface area contributed by atoms with Crippen molar-refractivity contribution in [2.75, 3.05) is 13.7 Å². The minimum Gasteiger partial charge on any atom is -0.496 e. The lowest BCUT2D eigenvalue weighted by atomic mass is 10.0. The Bertz CT molecular complexity index is 774. The number of nitrogens with two attached hydrogens (primary N) is 1. The normalized spacial score (nSPS) is 17.3. The van der Waals surface area contributed by atoms with E-state index in [9.17, 15) is 9.59 Å². The Hall–Kier alpha value is -2.41. The summed E-state index contributed by atoms with van der Waals surface area (Å²) in [4.78, 5) is 30.9. The summed E-state index contributed by atoms with van der Waals surface area (Å²) in [6.45, 7) is 0.699. The van der Waals surface area contributed by atoms with Crippen LogP contribution in [-0.2, 0) is 11.2 Å². The van der Waals surface area contributed by atoms with Gasteiger partial charge in [0.05, 0.1) is 25.8 Å². The molecule has 6 nitrogen and oxygen atoms in total. The van der Waals surface area contributed by atoms with E-state index in [1.807, 2.05) is 29.2 Å². The van der Waals surface area contributed by atoms with Gasteiger partial charge in [-0.15, -0.1) is 11.3 Å². The SMILES string of the molecule is COc1ccccc1CC(=O)N1CCCC[C@@H]1c1ncc(C(N)=O)s1. The van der Waals surface area contributed by atoms with Gasteiger partial charge < -0.3 is 15.4 Å². The summed E-state index contributed by atoms with van der Waals surface area (Å²) in [5.74, 6) is 0.283. The first-order valence-electron chi connectivity index (χ1n) is 8.27. The topological polar surface area (TPSA) is 85.5 Å². The molecule has 0 bridgehead atoms. The number of amides is 2. The fraction of sp³-hybridized carbons (Fsp3) is 0.389. The van der Waals surface area contributed by atoms with Gasteiger partial charge in [0.2, 0.25) is 5.91 Å². The fourth-order valence-electron chi connectivity index (χ4n) is 3.16. The van der Waals surface area contributed by atoms with Crippen molar-refractivity contribution in [3.63, 3.8) is 0 Å². The number of benzene rings is 1. The van der Waals surface area contributed by atoms with E-state index in [2.05, 4.69) is 4.98 Å². The number of hydrogen-bond donors (Lipinski definition) is 1. The van der Waals surface area contributed by atoms with Crippen LogP contribution in [0.3, 0.4) is 0 Å². The molecular formula is C18H21N3O3S. The second-order valence-corrected chi connectivity index (χ2v) is 7.08. The molecule has 0 unspecified atom stereocenters. The minimum absolute atomic E-state index is 0.0463. The standard InChI is InChI=1S/C18H21N3O3S/c1-24-14-8-3-2-6-12(14)10-16(22)21-9-5-4-7-13(21)18-20-11-15(25-18)17(19)23/h2-3,6,8,11,13H,4-5,7,9-10H2,1H3,(H2,19,23)/t13-/m1/s1. The van der Waals surface area contributed by atoms with Crippen molar-refractivity contribution in [3.8, 4) is 5.75 Å². The Morgan fingerprint density at radius 2 is 2.16 bits per heavy atom. The van der Waals surface area contributed by atoms with Crippen molar-refractivity contribution >= 4 is 23.2 Å². The van der Waals surface area contributed by atoms with Crippen molar-refractivity contribution in [2.24, 2.45) is 5.73 Å². The number of aromatic nitrogens is 1. The lowest BCUT2D eigenvalue weighted by Gasteiger charge is -2.34. The highest BCUT2D eigenvalue weighted by Crippen LogP contribution is 2.34. The zero-order valence-electron chi connectivity index (χ0n) is 14.1. The molecule has 0 saturated carbocycles. The van der Waals surface area contributed by atoms with Gasteiger partial charge in [0, 0.05) is 12.1 Å². The number of likely N-dealkylation sites (tertiary alicyclic amines) is 1. The van der Waals surface area contributed by atoms with E-state index in [-0.39, 0.29) is 18.4 Å². The highest BCUT2D eigenvalue weighted by Gasteiger charge is 2.30. The molecule has 2 heterocycles. The van der Waals surface area contributed by atoms with Crippen LogP contribution >= 0.6 is 11.3 Å². The number of carbonyl (C=O) groups excluding carboxylic acids is 2. The summed E-state index contributed by atoms with van der Waals surface area (Å²) < 4.78 is 5.34. The maximum Gasteiger partial charge on any atom is 0.260 e. The molecule has 1 fully saturated rings. The number of thiazole rings is 1. The van der Waals surface area contributed by atoms with Gasteiger partial charge in [-0.05, 0) is 25.3 Å². The molecule has 2 N–H and O–H groups in total. The Morgan fingerprint density at radius 1 is 1.36 bits per heavy atom. The Morgan fingerprint density at radius 3 is 2.88 bits per heavy atom. The van der Waals surface area contributed by atoms with Gasteiger partial charge in [-0.25, -0.2) is 4.98 Å². The molecule has 2 aromatic rings. The van der Waals surface area contributed by atoms with E-state index in [4.69, 9.17) is 10.5 Å². The van der Waals surface area contributed by atoms with Crippen LogP contribution in [0.1, 0.15) is 45.5 Å². The van der Waals surface area contributed by atoms with Gasteiger partial charge in [0.15, 0.2) is 0 Å². The number of primary amides is 1. The highest BCUT2D eigenvalue weighted by atomic mass is 32.1. The first-order chi connectivity index (χ1) is 12.1. The molecule has 7 heteroatoms. The number of ether oxygens (including phenoxy) is 1. The van der Waals surface area contributed by atoms with Gasteiger partial charge >= 0.3 is 0 Å². The summed E-state index contributed by atoms with van der Waals surface area (Å²) in [6, 6.07) is 7.46. The lowest BCUT2D eigenvalue weighted by Crippen LogP contribution is -2.39. The molecule has 3 rings (SSSR count). The number of rotatable bonds is 5. The molecule has 0 aliphatic carbocycles. The van der Waals surface area contributed by atoms with Crippen LogP contribution in [0, 0.1) is 0 Å². The van der Waals surface area contributed by atoms with Crippen molar-refractivity contribution in [1.29, 1.82) is 0 Å². The van der Waals surface area contributed by atoms with Crippen LogP contribution in [0.5, 0.6) is 5.75 Å². The number of piperidine rings is 1. The van der Waals surface area contributed by atoms with Crippen molar-refractivity contribution in [1.82, 2.24) is 9.88 Å². The second kappa shape index (κ2) is 7.65. The van der Waals surface area contributed by atoms with Gasteiger partial charge in [0.25, 0.3) is 5.91 Å². The summed E-state index contributed by atoms with van der Waals surface area (Å²) in [5, 5.41) is 0.780. The molecule has 25 heavy (non-hydrogen) atoms. The third kappa shape index (κ3) is 3.82. The summed E-state index contributed by atoms with van der Waals surface area (Å²) in [5.41, 5.74) is 6.19. The third-order valence-electron chi connectivity index (χ3n) is 4.41. The highest BCUT2D eigenvalue weighted by molar-refractivity contribution is 7.13. The van der Waals surface area contributed by atoms with Gasteiger partial charge in [-0.1, -0.05) is 18.2 Å². The Balaban J connectivity index is 1.80. The quantitative estimate of drug-likeness (QED) is 0.889. The molecular weight excluding hydrogens is 338 g/mol. The largest absolute Gasteiger partial charge is 0.496 e. The number of methoxy groups -OCH3 is 1. The molecule has 1 aromatic heterocycles. The van der Waals surface area contributed by atoms with E-state index < -0.39 is 5.91 Å².